The smallest absolute Gasteiger partial charge is 0.102 e. The molecule has 1 saturated carbocycles. The highest BCUT2D eigenvalue weighted by molar-refractivity contribution is 6.80. The second-order valence-electron chi connectivity index (χ2n) is 6.19. The fourth-order valence-corrected chi connectivity index (χ4v) is 3.28. The van der Waals surface area contributed by atoms with Gasteiger partial charge in [-0.1, -0.05) is 50.7 Å². The average molecular weight is 224 g/mol. The van der Waals surface area contributed by atoms with Crippen molar-refractivity contribution in [2.75, 3.05) is 0 Å². The van der Waals surface area contributed by atoms with E-state index in [0.717, 1.165) is 5.92 Å². The fraction of sp³-hybridized carbons (Fsp3) is 0.846. The van der Waals surface area contributed by atoms with E-state index in [1.807, 2.05) is 0 Å². The maximum absolute atomic E-state index is 5.79. The summed E-state index contributed by atoms with van der Waals surface area (Å²) in [5, 5.41) is 0. The monoisotopic (exact) mass is 224 g/mol. The van der Waals surface area contributed by atoms with Gasteiger partial charge in [0.25, 0.3) is 0 Å². The molecule has 1 heterocycles. The van der Waals surface area contributed by atoms with E-state index in [4.69, 9.17) is 4.74 Å². The van der Waals surface area contributed by atoms with Gasteiger partial charge in [0.15, 0.2) is 0 Å². The Labute approximate surface area is 94.9 Å². The van der Waals surface area contributed by atoms with Crippen LogP contribution in [0.25, 0.3) is 0 Å². The summed E-state index contributed by atoms with van der Waals surface area (Å²) in [6, 6.07) is 0. The Balaban J connectivity index is 1.78. The zero-order valence-electron chi connectivity index (χ0n) is 10.3. The minimum atomic E-state index is -1.02. The van der Waals surface area contributed by atoms with Gasteiger partial charge < -0.3 is 4.74 Å². The lowest BCUT2D eigenvalue weighted by molar-refractivity contribution is 0.264. The number of epoxide rings is 1. The Morgan fingerprint density at radius 3 is 2.33 bits per heavy atom. The van der Waals surface area contributed by atoms with Crippen molar-refractivity contribution in [3.05, 3.63) is 11.8 Å². The van der Waals surface area contributed by atoms with Gasteiger partial charge in [0.1, 0.15) is 6.10 Å². The van der Waals surface area contributed by atoms with Crippen molar-refractivity contribution in [1.82, 2.24) is 0 Å². The zero-order valence-corrected chi connectivity index (χ0v) is 11.3. The molecular weight excluding hydrogens is 200 g/mol. The molecule has 1 aliphatic carbocycles. The van der Waals surface area contributed by atoms with Crippen molar-refractivity contribution in [2.45, 2.75) is 64.0 Å². The lowest BCUT2D eigenvalue weighted by atomic mass is 9.86. The number of ether oxygens (including phenoxy) is 1. The summed E-state index contributed by atoms with van der Waals surface area (Å²) in [6.07, 6.45) is 10.5. The van der Waals surface area contributed by atoms with Crippen molar-refractivity contribution in [1.29, 1.82) is 0 Å². The molecule has 0 spiro atoms. The van der Waals surface area contributed by atoms with Crippen LogP contribution in [0.2, 0.25) is 19.6 Å². The van der Waals surface area contributed by atoms with E-state index >= 15 is 0 Å². The van der Waals surface area contributed by atoms with Gasteiger partial charge in [0.05, 0.1) is 14.2 Å². The lowest BCUT2D eigenvalue weighted by Gasteiger charge is -2.19. The standard InChI is InChI=1S/C13H24OSi/c1-15(2,3)10-9-12-13(14-12)11-7-5-4-6-8-11/h9-13H,4-8H2,1-3H3/b10-9+/t12-,13+/m1/s1. The first kappa shape index (κ1) is 11.4. The third-order valence-corrected chi connectivity index (χ3v) is 4.65. The molecule has 0 aromatic rings. The Morgan fingerprint density at radius 2 is 1.73 bits per heavy atom. The minimum absolute atomic E-state index is 0.472. The quantitative estimate of drug-likeness (QED) is 0.525. The van der Waals surface area contributed by atoms with E-state index in [1.54, 1.807) is 0 Å². The predicted molar refractivity (Wildman–Crippen MR) is 67.7 cm³/mol. The molecule has 2 atom stereocenters. The van der Waals surface area contributed by atoms with Crippen LogP contribution in [0.1, 0.15) is 32.1 Å². The summed E-state index contributed by atoms with van der Waals surface area (Å²) in [5.41, 5.74) is 2.43. The highest BCUT2D eigenvalue weighted by Gasteiger charge is 2.43. The van der Waals surface area contributed by atoms with Crippen LogP contribution in [0, 0.1) is 5.92 Å². The van der Waals surface area contributed by atoms with Crippen LogP contribution in [-0.4, -0.2) is 20.3 Å². The third kappa shape index (κ3) is 3.46. The Bertz CT molecular complexity index is 235. The molecule has 2 aliphatic rings. The van der Waals surface area contributed by atoms with Crippen molar-refractivity contribution in [3.63, 3.8) is 0 Å². The zero-order chi connectivity index (χ0) is 10.9. The van der Waals surface area contributed by atoms with Crippen LogP contribution >= 0.6 is 0 Å². The number of rotatable bonds is 3. The first-order valence-electron chi connectivity index (χ1n) is 6.41. The molecule has 0 bridgehead atoms. The van der Waals surface area contributed by atoms with Gasteiger partial charge in [-0.25, -0.2) is 0 Å². The number of hydrogen-bond acceptors (Lipinski definition) is 1. The topological polar surface area (TPSA) is 12.5 Å². The highest BCUT2D eigenvalue weighted by Crippen LogP contribution is 2.39. The average Bonchev–Trinajstić information content (AvgIpc) is 2.94. The van der Waals surface area contributed by atoms with Crippen molar-refractivity contribution < 1.29 is 4.74 Å². The molecule has 0 unspecified atom stereocenters. The summed E-state index contributed by atoms with van der Waals surface area (Å²) in [6.45, 7) is 7.13. The van der Waals surface area contributed by atoms with Crippen LogP contribution < -0.4 is 0 Å². The normalized spacial score (nSPS) is 33.5. The van der Waals surface area contributed by atoms with E-state index in [9.17, 15) is 0 Å². The molecule has 86 valence electrons. The summed E-state index contributed by atoms with van der Waals surface area (Å²) in [5.74, 6) is 0.870. The van der Waals surface area contributed by atoms with Crippen molar-refractivity contribution in [2.24, 2.45) is 5.92 Å². The molecular formula is C13H24OSi. The number of hydrogen-bond donors (Lipinski definition) is 0. The van der Waals surface area contributed by atoms with Crippen LogP contribution in [-0.2, 0) is 4.74 Å². The van der Waals surface area contributed by atoms with Crippen LogP contribution in [0.5, 0.6) is 0 Å². The van der Waals surface area contributed by atoms with E-state index in [1.165, 1.54) is 32.1 Å². The molecule has 0 aromatic heterocycles. The molecule has 1 nitrogen and oxygen atoms in total. The maximum Gasteiger partial charge on any atom is 0.102 e. The second kappa shape index (κ2) is 4.42. The molecule has 0 radical (unpaired) electrons. The van der Waals surface area contributed by atoms with E-state index in [-0.39, 0.29) is 0 Å². The largest absolute Gasteiger partial charge is 0.365 e. The molecule has 15 heavy (non-hydrogen) atoms. The second-order valence-corrected chi connectivity index (χ2v) is 11.3. The highest BCUT2D eigenvalue weighted by atomic mass is 28.3. The molecule has 2 fully saturated rings. The van der Waals surface area contributed by atoms with Crippen LogP contribution in [0.4, 0.5) is 0 Å². The maximum atomic E-state index is 5.79. The van der Waals surface area contributed by atoms with Crippen molar-refractivity contribution in [3.8, 4) is 0 Å². The van der Waals surface area contributed by atoms with Gasteiger partial charge in [-0.3, -0.25) is 0 Å². The molecule has 2 heteroatoms. The molecule has 0 amide bonds. The summed E-state index contributed by atoms with van der Waals surface area (Å²) >= 11 is 0. The van der Waals surface area contributed by atoms with Gasteiger partial charge in [-0.05, 0) is 18.8 Å². The first-order valence-corrected chi connectivity index (χ1v) is 9.99. The summed E-state index contributed by atoms with van der Waals surface area (Å²) in [4.78, 5) is 0. The van der Waals surface area contributed by atoms with Crippen LogP contribution in [0.15, 0.2) is 11.8 Å². The molecule has 1 saturated heterocycles. The lowest BCUT2D eigenvalue weighted by Crippen LogP contribution is -2.17. The Kier molecular flexibility index (Phi) is 3.36. The fourth-order valence-electron chi connectivity index (χ4n) is 2.52. The summed E-state index contributed by atoms with van der Waals surface area (Å²) in [7, 11) is -1.02. The van der Waals surface area contributed by atoms with E-state index < -0.39 is 8.07 Å². The van der Waals surface area contributed by atoms with Crippen molar-refractivity contribution >= 4 is 8.07 Å². The first-order chi connectivity index (χ1) is 7.06. The van der Waals surface area contributed by atoms with E-state index in [2.05, 4.69) is 31.4 Å². The van der Waals surface area contributed by atoms with Gasteiger partial charge in [-0.15, -0.1) is 0 Å². The predicted octanol–water partition coefficient (Wildman–Crippen LogP) is 3.77. The molecule has 1 aliphatic heterocycles. The van der Waals surface area contributed by atoms with Crippen LogP contribution in [0.3, 0.4) is 0 Å². The van der Waals surface area contributed by atoms with Gasteiger partial charge >= 0.3 is 0 Å². The Hall–Kier alpha value is -0.0831. The molecule has 0 aromatic carbocycles. The molecule has 0 N–H and O–H groups in total. The SMILES string of the molecule is C[Si](C)(C)/C=C/[C@H]1O[C@H]1C1CCCCC1. The van der Waals surface area contributed by atoms with Gasteiger partial charge in [0, 0.05) is 0 Å². The Morgan fingerprint density at radius 1 is 1.07 bits per heavy atom. The summed E-state index contributed by atoms with van der Waals surface area (Å²) < 4.78 is 5.79. The van der Waals surface area contributed by atoms with Gasteiger partial charge in [0.2, 0.25) is 0 Å². The van der Waals surface area contributed by atoms with E-state index in [0.29, 0.717) is 12.2 Å². The van der Waals surface area contributed by atoms with Gasteiger partial charge in [-0.2, -0.15) is 0 Å². The third-order valence-electron chi connectivity index (χ3n) is 3.46. The molecule has 2 rings (SSSR count). The minimum Gasteiger partial charge on any atom is -0.365 e.